The molecule has 0 fully saturated rings. The molecule has 0 saturated carbocycles. The summed E-state index contributed by atoms with van der Waals surface area (Å²) in [4.78, 5) is 12.8. The molecule has 0 unspecified atom stereocenters. The minimum atomic E-state index is -0.388. The van der Waals surface area contributed by atoms with Gasteiger partial charge in [0.2, 0.25) is 5.91 Å². The van der Waals surface area contributed by atoms with Gasteiger partial charge < -0.3 is 14.5 Å². The fourth-order valence-electron chi connectivity index (χ4n) is 3.55. The Bertz CT molecular complexity index is 1150. The highest BCUT2D eigenvalue weighted by Crippen LogP contribution is 2.36. The Kier molecular flexibility index (Phi) is 5.23. The summed E-state index contributed by atoms with van der Waals surface area (Å²) in [6.45, 7) is 3.89. The standard InChI is InChI=1S/C24H24N2O3/c1-15(17-9-5-4-6-10-17)25-16(2)24(27)26-20-14-22-19(13-23(20)28-3)18-11-7-8-12-21(18)29-22/h4-16,25H,1-3H3,(H,26,27)/t15-,16+/m0/s1. The first kappa shape index (κ1) is 19.0. The van der Waals surface area contributed by atoms with Crippen molar-refractivity contribution in [2.45, 2.75) is 25.9 Å². The van der Waals surface area contributed by atoms with Crippen molar-refractivity contribution in [3.05, 3.63) is 72.3 Å². The minimum absolute atomic E-state index is 0.0525. The average Bonchev–Trinajstić information content (AvgIpc) is 3.11. The number of benzene rings is 3. The summed E-state index contributed by atoms with van der Waals surface area (Å²) in [6.07, 6.45) is 0. The maximum absolute atomic E-state index is 12.8. The van der Waals surface area contributed by atoms with Gasteiger partial charge in [0.25, 0.3) is 0 Å². The molecule has 1 heterocycles. The lowest BCUT2D eigenvalue weighted by Crippen LogP contribution is -2.39. The first-order valence-corrected chi connectivity index (χ1v) is 9.68. The molecule has 5 heteroatoms. The van der Waals surface area contributed by atoms with E-state index in [9.17, 15) is 4.79 Å². The van der Waals surface area contributed by atoms with E-state index in [4.69, 9.17) is 9.15 Å². The Morgan fingerprint density at radius 1 is 0.931 bits per heavy atom. The van der Waals surface area contributed by atoms with E-state index >= 15 is 0 Å². The molecule has 4 aromatic rings. The number of ether oxygens (including phenoxy) is 1. The zero-order valence-electron chi connectivity index (χ0n) is 16.7. The van der Waals surface area contributed by atoms with E-state index in [0.717, 1.165) is 21.9 Å². The summed E-state index contributed by atoms with van der Waals surface area (Å²) in [5, 5.41) is 8.28. The number of para-hydroxylation sites is 1. The number of amides is 1. The molecule has 2 N–H and O–H groups in total. The van der Waals surface area contributed by atoms with Crippen LogP contribution in [0.15, 0.2) is 71.1 Å². The van der Waals surface area contributed by atoms with Crippen LogP contribution < -0.4 is 15.4 Å². The van der Waals surface area contributed by atoms with Crippen LogP contribution in [0.5, 0.6) is 5.75 Å². The summed E-state index contributed by atoms with van der Waals surface area (Å²) >= 11 is 0. The van der Waals surface area contributed by atoms with Crippen molar-refractivity contribution in [1.29, 1.82) is 0 Å². The second-order valence-corrected chi connectivity index (χ2v) is 7.16. The lowest BCUT2D eigenvalue weighted by molar-refractivity contribution is -0.117. The number of fused-ring (bicyclic) bond motifs is 3. The highest BCUT2D eigenvalue weighted by molar-refractivity contribution is 6.08. The number of nitrogens with one attached hydrogen (secondary N) is 2. The number of hydrogen-bond donors (Lipinski definition) is 2. The molecule has 29 heavy (non-hydrogen) atoms. The fraction of sp³-hybridized carbons (Fsp3) is 0.208. The number of methoxy groups -OCH3 is 1. The Morgan fingerprint density at radius 2 is 1.66 bits per heavy atom. The second kappa shape index (κ2) is 7.97. The lowest BCUT2D eigenvalue weighted by Gasteiger charge is -2.20. The Balaban J connectivity index is 1.56. The van der Waals surface area contributed by atoms with Crippen molar-refractivity contribution >= 4 is 33.5 Å². The lowest BCUT2D eigenvalue weighted by atomic mass is 10.1. The molecule has 0 saturated heterocycles. The third kappa shape index (κ3) is 3.82. The van der Waals surface area contributed by atoms with E-state index < -0.39 is 0 Å². The van der Waals surface area contributed by atoms with Crippen LogP contribution in [0, 0.1) is 0 Å². The van der Waals surface area contributed by atoms with Gasteiger partial charge in [0, 0.05) is 22.9 Å². The van der Waals surface area contributed by atoms with Crippen molar-refractivity contribution in [3.8, 4) is 5.75 Å². The van der Waals surface area contributed by atoms with E-state index in [0.29, 0.717) is 17.0 Å². The van der Waals surface area contributed by atoms with Crippen molar-refractivity contribution < 1.29 is 13.9 Å². The third-order valence-corrected chi connectivity index (χ3v) is 5.15. The summed E-state index contributed by atoms with van der Waals surface area (Å²) in [6, 6.07) is 21.3. The van der Waals surface area contributed by atoms with Crippen LogP contribution >= 0.6 is 0 Å². The van der Waals surface area contributed by atoms with Crippen LogP contribution in [-0.4, -0.2) is 19.1 Å². The Labute approximate surface area is 169 Å². The summed E-state index contributed by atoms with van der Waals surface area (Å²) < 4.78 is 11.5. The van der Waals surface area contributed by atoms with Crippen LogP contribution in [0.4, 0.5) is 5.69 Å². The zero-order valence-corrected chi connectivity index (χ0v) is 16.7. The number of rotatable bonds is 6. The quantitative estimate of drug-likeness (QED) is 0.472. The molecule has 0 bridgehead atoms. The van der Waals surface area contributed by atoms with Gasteiger partial charge in [0.15, 0.2) is 0 Å². The molecule has 4 rings (SSSR count). The predicted octanol–water partition coefficient (Wildman–Crippen LogP) is 5.27. The first-order chi connectivity index (χ1) is 14.1. The molecular formula is C24H24N2O3. The largest absolute Gasteiger partial charge is 0.495 e. The molecule has 2 atom stereocenters. The molecule has 5 nitrogen and oxygen atoms in total. The number of carbonyl (C=O) groups is 1. The molecule has 0 radical (unpaired) electrons. The van der Waals surface area contributed by atoms with E-state index in [1.807, 2.05) is 80.6 Å². The molecular weight excluding hydrogens is 364 g/mol. The highest BCUT2D eigenvalue weighted by atomic mass is 16.5. The van der Waals surface area contributed by atoms with Gasteiger partial charge in [-0.1, -0.05) is 48.5 Å². The van der Waals surface area contributed by atoms with Crippen LogP contribution in [0.2, 0.25) is 0 Å². The Hall–Kier alpha value is -3.31. The second-order valence-electron chi connectivity index (χ2n) is 7.16. The van der Waals surface area contributed by atoms with Crippen LogP contribution in [0.25, 0.3) is 21.9 Å². The van der Waals surface area contributed by atoms with Gasteiger partial charge in [0.1, 0.15) is 16.9 Å². The van der Waals surface area contributed by atoms with Crippen molar-refractivity contribution in [3.63, 3.8) is 0 Å². The van der Waals surface area contributed by atoms with Gasteiger partial charge in [-0.3, -0.25) is 10.1 Å². The molecule has 0 spiro atoms. The summed E-state index contributed by atoms with van der Waals surface area (Å²) in [5.74, 6) is 0.460. The normalized spacial score (nSPS) is 13.3. The van der Waals surface area contributed by atoms with Gasteiger partial charge >= 0.3 is 0 Å². The molecule has 148 valence electrons. The third-order valence-electron chi connectivity index (χ3n) is 5.15. The van der Waals surface area contributed by atoms with Gasteiger partial charge in [-0.2, -0.15) is 0 Å². The van der Waals surface area contributed by atoms with E-state index in [1.165, 1.54) is 0 Å². The molecule has 0 aliphatic carbocycles. The highest BCUT2D eigenvalue weighted by Gasteiger charge is 2.19. The van der Waals surface area contributed by atoms with Gasteiger partial charge in [-0.15, -0.1) is 0 Å². The van der Waals surface area contributed by atoms with Crippen LogP contribution in [-0.2, 0) is 4.79 Å². The predicted molar refractivity (Wildman–Crippen MR) is 116 cm³/mol. The maximum atomic E-state index is 12.8. The molecule has 3 aromatic carbocycles. The SMILES string of the molecule is COc1cc2c(cc1NC(=O)[C@@H](C)N[C@@H](C)c1ccccc1)oc1ccccc12. The van der Waals surface area contributed by atoms with Gasteiger partial charge in [-0.25, -0.2) is 0 Å². The number of furan rings is 1. The number of anilines is 1. The average molecular weight is 388 g/mol. The molecule has 0 aliphatic rings. The van der Waals surface area contributed by atoms with Crippen LogP contribution in [0.3, 0.4) is 0 Å². The number of carbonyl (C=O) groups excluding carboxylic acids is 1. The smallest absolute Gasteiger partial charge is 0.241 e. The van der Waals surface area contributed by atoms with Crippen molar-refractivity contribution in [1.82, 2.24) is 5.32 Å². The zero-order chi connectivity index (χ0) is 20.4. The monoisotopic (exact) mass is 388 g/mol. The Morgan fingerprint density at radius 3 is 2.41 bits per heavy atom. The molecule has 1 aromatic heterocycles. The first-order valence-electron chi connectivity index (χ1n) is 9.68. The van der Waals surface area contributed by atoms with E-state index in [1.54, 1.807) is 7.11 Å². The van der Waals surface area contributed by atoms with Crippen LogP contribution in [0.1, 0.15) is 25.5 Å². The molecule has 0 aliphatic heterocycles. The van der Waals surface area contributed by atoms with E-state index in [2.05, 4.69) is 10.6 Å². The minimum Gasteiger partial charge on any atom is -0.495 e. The maximum Gasteiger partial charge on any atom is 0.241 e. The summed E-state index contributed by atoms with van der Waals surface area (Å²) in [5.41, 5.74) is 3.24. The van der Waals surface area contributed by atoms with Crippen molar-refractivity contribution in [2.75, 3.05) is 12.4 Å². The van der Waals surface area contributed by atoms with Gasteiger partial charge in [0.05, 0.1) is 18.8 Å². The number of hydrogen-bond acceptors (Lipinski definition) is 4. The van der Waals surface area contributed by atoms with Gasteiger partial charge in [-0.05, 0) is 31.5 Å². The fourth-order valence-corrected chi connectivity index (χ4v) is 3.55. The van der Waals surface area contributed by atoms with E-state index in [-0.39, 0.29) is 18.0 Å². The molecule has 1 amide bonds. The summed E-state index contributed by atoms with van der Waals surface area (Å²) in [7, 11) is 1.60. The topological polar surface area (TPSA) is 63.5 Å². The van der Waals surface area contributed by atoms with Crippen molar-refractivity contribution in [2.24, 2.45) is 0 Å².